The molecule has 1 aliphatic rings. The highest BCUT2D eigenvalue weighted by atomic mass is 15.3. The maximum Gasteiger partial charge on any atom is 0.0594 e. The summed E-state index contributed by atoms with van der Waals surface area (Å²) < 4.78 is 0. The van der Waals surface area contributed by atoms with E-state index in [0.29, 0.717) is 6.17 Å². The van der Waals surface area contributed by atoms with Gasteiger partial charge in [-0.15, -0.1) is 0 Å². The van der Waals surface area contributed by atoms with Crippen molar-refractivity contribution in [2.45, 2.75) is 76.9 Å². The number of nitrogens with one attached hydrogen (secondary N) is 1. The molecule has 1 unspecified atom stereocenters. The average molecular weight is 226 g/mol. The van der Waals surface area contributed by atoms with E-state index < -0.39 is 0 Å². The van der Waals surface area contributed by atoms with Crippen LogP contribution >= 0.6 is 0 Å². The SMILES string of the molecule is CCCCCC(NC)N(C)C1CCCCC1. The van der Waals surface area contributed by atoms with Gasteiger partial charge in [-0.25, -0.2) is 0 Å². The first-order valence-electron chi connectivity index (χ1n) is 7.18. The Morgan fingerprint density at radius 1 is 1.19 bits per heavy atom. The van der Waals surface area contributed by atoms with Crippen LogP contribution in [-0.2, 0) is 0 Å². The third kappa shape index (κ3) is 4.42. The average Bonchev–Trinajstić information content (AvgIpc) is 2.35. The lowest BCUT2D eigenvalue weighted by Crippen LogP contribution is -2.47. The smallest absolute Gasteiger partial charge is 0.0594 e. The summed E-state index contributed by atoms with van der Waals surface area (Å²) >= 11 is 0. The molecule has 1 rings (SSSR count). The fraction of sp³-hybridized carbons (Fsp3) is 1.00. The predicted octanol–water partition coefficient (Wildman–Crippen LogP) is 3.38. The van der Waals surface area contributed by atoms with Crippen molar-refractivity contribution in [1.82, 2.24) is 10.2 Å². The molecule has 0 bridgehead atoms. The lowest BCUT2D eigenvalue weighted by Gasteiger charge is -2.37. The van der Waals surface area contributed by atoms with Crippen LogP contribution in [0.1, 0.15) is 64.7 Å². The van der Waals surface area contributed by atoms with Crippen molar-refractivity contribution in [2.24, 2.45) is 0 Å². The summed E-state index contributed by atoms with van der Waals surface area (Å²) in [5.74, 6) is 0. The van der Waals surface area contributed by atoms with E-state index in [9.17, 15) is 0 Å². The largest absolute Gasteiger partial charge is 0.305 e. The van der Waals surface area contributed by atoms with E-state index in [1.54, 1.807) is 0 Å². The van der Waals surface area contributed by atoms with Gasteiger partial charge in [0.1, 0.15) is 0 Å². The number of hydrogen-bond acceptors (Lipinski definition) is 2. The normalized spacial score (nSPS) is 20.2. The molecule has 0 aromatic carbocycles. The summed E-state index contributed by atoms with van der Waals surface area (Å²) in [4.78, 5) is 2.59. The molecule has 0 aliphatic heterocycles. The number of unbranched alkanes of at least 4 members (excludes halogenated alkanes) is 2. The van der Waals surface area contributed by atoms with Crippen LogP contribution in [0.4, 0.5) is 0 Å². The van der Waals surface area contributed by atoms with E-state index in [1.165, 1.54) is 57.8 Å². The maximum atomic E-state index is 3.48. The Balaban J connectivity index is 2.31. The third-order valence-electron chi connectivity index (χ3n) is 4.06. The first-order valence-corrected chi connectivity index (χ1v) is 7.18. The van der Waals surface area contributed by atoms with Crippen LogP contribution < -0.4 is 5.32 Å². The zero-order valence-electron chi connectivity index (χ0n) is 11.5. The number of nitrogens with zero attached hydrogens (tertiary/aromatic N) is 1. The van der Waals surface area contributed by atoms with Crippen molar-refractivity contribution in [3.63, 3.8) is 0 Å². The van der Waals surface area contributed by atoms with Gasteiger partial charge >= 0.3 is 0 Å². The molecular weight excluding hydrogens is 196 g/mol. The summed E-state index contributed by atoms with van der Waals surface area (Å²) in [6, 6.07) is 0.827. The van der Waals surface area contributed by atoms with Crippen LogP contribution in [0, 0.1) is 0 Å². The van der Waals surface area contributed by atoms with Gasteiger partial charge in [-0.05, 0) is 33.4 Å². The molecule has 0 aromatic heterocycles. The molecule has 96 valence electrons. The van der Waals surface area contributed by atoms with Gasteiger partial charge in [-0.1, -0.05) is 45.4 Å². The van der Waals surface area contributed by atoms with E-state index in [4.69, 9.17) is 0 Å². The van der Waals surface area contributed by atoms with Crippen LogP contribution in [0.15, 0.2) is 0 Å². The third-order valence-corrected chi connectivity index (χ3v) is 4.06. The Hall–Kier alpha value is -0.0800. The van der Waals surface area contributed by atoms with E-state index in [1.807, 2.05) is 0 Å². The Labute approximate surface area is 102 Å². The van der Waals surface area contributed by atoms with E-state index in [2.05, 4.69) is 31.2 Å². The van der Waals surface area contributed by atoms with Crippen molar-refractivity contribution in [2.75, 3.05) is 14.1 Å². The molecule has 0 radical (unpaired) electrons. The van der Waals surface area contributed by atoms with E-state index >= 15 is 0 Å². The topological polar surface area (TPSA) is 15.3 Å². The van der Waals surface area contributed by atoms with Crippen LogP contribution in [0.2, 0.25) is 0 Å². The molecule has 1 atom stereocenters. The first-order chi connectivity index (χ1) is 7.79. The van der Waals surface area contributed by atoms with E-state index in [-0.39, 0.29) is 0 Å². The highest BCUT2D eigenvalue weighted by Crippen LogP contribution is 2.23. The minimum absolute atomic E-state index is 0.592. The molecule has 2 nitrogen and oxygen atoms in total. The van der Waals surface area contributed by atoms with Gasteiger partial charge in [0.15, 0.2) is 0 Å². The van der Waals surface area contributed by atoms with Crippen molar-refractivity contribution in [1.29, 1.82) is 0 Å². The van der Waals surface area contributed by atoms with Gasteiger partial charge in [-0.2, -0.15) is 0 Å². The zero-order chi connectivity index (χ0) is 11.8. The molecule has 2 heteroatoms. The molecule has 16 heavy (non-hydrogen) atoms. The Morgan fingerprint density at radius 2 is 1.88 bits per heavy atom. The molecule has 1 aliphatic carbocycles. The molecular formula is C14H30N2. The van der Waals surface area contributed by atoms with Gasteiger partial charge < -0.3 is 5.32 Å². The molecule has 0 amide bonds. The lowest BCUT2D eigenvalue weighted by molar-refractivity contribution is 0.112. The first kappa shape index (κ1) is 14.0. The van der Waals surface area contributed by atoms with Gasteiger partial charge in [0.25, 0.3) is 0 Å². The summed E-state index contributed by atoms with van der Waals surface area (Å²) in [7, 11) is 4.42. The number of rotatable bonds is 7. The summed E-state index contributed by atoms with van der Waals surface area (Å²) in [6.07, 6.45) is 13.1. The maximum absolute atomic E-state index is 3.48. The molecule has 0 heterocycles. The fourth-order valence-electron chi connectivity index (χ4n) is 2.88. The molecule has 1 fully saturated rings. The van der Waals surface area contributed by atoms with Crippen molar-refractivity contribution in [3.05, 3.63) is 0 Å². The summed E-state index contributed by atoms with van der Waals surface area (Å²) in [5, 5.41) is 3.48. The second-order valence-corrected chi connectivity index (χ2v) is 5.26. The standard InChI is InChI=1S/C14H30N2/c1-4-5-7-12-14(15-2)16(3)13-10-8-6-9-11-13/h13-15H,4-12H2,1-3H3. The van der Waals surface area contributed by atoms with E-state index in [0.717, 1.165) is 6.04 Å². The molecule has 1 saturated carbocycles. The van der Waals surface area contributed by atoms with Gasteiger partial charge in [-0.3, -0.25) is 4.90 Å². The molecule has 0 spiro atoms. The second kappa shape index (κ2) is 8.08. The van der Waals surface area contributed by atoms with Crippen molar-refractivity contribution in [3.8, 4) is 0 Å². The lowest BCUT2D eigenvalue weighted by atomic mass is 9.94. The fourth-order valence-corrected chi connectivity index (χ4v) is 2.88. The summed E-state index contributed by atoms with van der Waals surface area (Å²) in [5.41, 5.74) is 0. The van der Waals surface area contributed by atoms with Crippen LogP contribution in [-0.4, -0.2) is 31.2 Å². The minimum Gasteiger partial charge on any atom is -0.305 e. The van der Waals surface area contributed by atoms with Gasteiger partial charge in [0.2, 0.25) is 0 Å². The van der Waals surface area contributed by atoms with Crippen molar-refractivity contribution < 1.29 is 0 Å². The molecule has 0 aromatic rings. The highest BCUT2D eigenvalue weighted by molar-refractivity contribution is 4.77. The predicted molar refractivity (Wildman–Crippen MR) is 71.6 cm³/mol. The van der Waals surface area contributed by atoms with Gasteiger partial charge in [0.05, 0.1) is 6.17 Å². The van der Waals surface area contributed by atoms with Crippen molar-refractivity contribution >= 4 is 0 Å². The minimum atomic E-state index is 0.592. The highest BCUT2D eigenvalue weighted by Gasteiger charge is 2.22. The molecule has 0 saturated heterocycles. The number of hydrogen-bond donors (Lipinski definition) is 1. The Morgan fingerprint density at radius 3 is 2.44 bits per heavy atom. The Kier molecular flexibility index (Phi) is 7.06. The van der Waals surface area contributed by atoms with Crippen LogP contribution in [0.3, 0.4) is 0 Å². The quantitative estimate of drug-likeness (QED) is 0.529. The molecule has 1 N–H and O–H groups in total. The van der Waals surface area contributed by atoms with Gasteiger partial charge in [0, 0.05) is 6.04 Å². The van der Waals surface area contributed by atoms with Crippen LogP contribution in [0.5, 0.6) is 0 Å². The summed E-state index contributed by atoms with van der Waals surface area (Å²) in [6.45, 7) is 2.28. The Bertz CT molecular complexity index is 164. The zero-order valence-corrected chi connectivity index (χ0v) is 11.5. The monoisotopic (exact) mass is 226 g/mol. The van der Waals surface area contributed by atoms with Crippen LogP contribution in [0.25, 0.3) is 0 Å². The second-order valence-electron chi connectivity index (χ2n) is 5.26.